The van der Waals surface area contributed by atoms with Crippen molar-refractivity contribution in [3.8, 4) is 0 Å². The van der Waals surface area contributed by atoms with Gasteiger partial charge in [0.2, 0.25) is 0 Å². The predicted molar refractivity (Wildman–Crippen MR) is 129 cm³/mol. The lowest BCUT2D eigenvalue weighted by molar-refractivity contribution is 0.0604. The van der Waals surface area contributed by atoms with E-state index in [2.05, 4.69) is 0 Å². The molecular formula is C29H21NO2. The number of hydrogen-bond acceptors (Lipinski definition) is 2. The van der Waals surface area contributed by atoms with Crippen molar-refractivity contribution in [2.24, 2.45) is 0 Å². The molecule has 0 saturated heterocycles. The van der Waals surface area contributed by atoms with Crippen LogP contribution < -0.4 is 0 Å². The number of nitrogens with zero attached hydrogens (tertiary/aromatic N) is 1. The van der Waals surface area contributed by atoms with Gasteiger partial charge in [0.15, 0.2) is 0 Å². The fourth-order valence-electron chi connectivity index (χ4n) is 3.96. The second kappa shape index (κ2) is 8.48. The third kappa shape index (κ3) is 3.88. The maximum absolute atomic E-state index is 13.6. The zero-order valence-electron chi connectivity index (χ0n) is 17.4. The van der Waals surface area contributed by atoms with Crippen molar-refractivity contribution < 1.29 is 9.59 Å². The van der Waals surface area contributed by atoms with Gasteiger partial charge in [-0.25, -0.2) is 0 Å². The summed E-state index contributed by atoms with van der Waals surface area (Å²) >= 11 is 0. The lowest BCUT2D eigenvalue weighted by Crippen LogP contribution is -2.36. The summed E-state index contributed by atoms with van der Waals surface area (Å²) in [7, 11) is 0. The first kappa shape index (κ1) is 19.7. The molecule has 0 bridgehead atoms. The largest absolute Gasteiger partial charge is 0.270 e. The van der Waals surface area contributed by atoms with Crippen LogP contribution in [0, 0.1) is 0 Å². The second-order valence-corrected chi connectivity index (χ2v) is 7.81. The predicted octanol–water partition coefficient (Wildman–Crippen LogP) is 6.48. The first-order chi connectivity index (χ1) is 15.7. The number of rotatable bonds is 4. The van der Waals surface area contributed by atoms with Gasteiger partial charge in [-0.15, -0.1) is 0 Å². The molecule has 0 heterocycles. The van der Waals surface area contributed by atoms with E-state index in [1.54, 1.807) is 12.1 Å². The van der Waals surface area contributed by atoms with Gasteiger partial charge in [-0.3, -0.25) is 14.5 Å². The van der Waals surface area contributed by atoms with Crippen molar-refractivity contribution in [3.63, 3.8) is 0 Å². The molecule has 3 nitrogen and oxygen atoms in total. The molecule has 0 saturated carbocycles. The van der Waals surface area contributed by atoms with Crippen molar-refractivity contribution in [3.05, 3.63) is 132 Å². The summed E-state index contributed by atoms with van der Waals surface area (Å²) in [6, 6.07) is 36.5. The molecule has 5 rings (SSSR count). The topological polar surface area (TPSA) is 37.4 Å². The fourth-order valence-corrected chi connectivity index (χ4v) is 3.96. The van der Waals surface area contributed by atoms with Crippen molar-refractivity contribution in [1.82, 2.24) is 4.90 Å². The Labute approximate surface area is 186 Å². The molecule has 0 radical (unpaired) electrons. The molecule has 0 spiro atoms. The summed E-state index contributed by atoms with van der Waals surface area (Å²) in [6.07, 6.45) is 0. The van der Waals surface area contributed by atoms with Crippen LogP contribution in [0.5, 0.6) is 0 Å². The summed E-state index contributed by atoms with van der Waals surface area (Å²) in [5, 5.41) is 4.05. The number of benzene rings is 5. The van der Waals surface area contributed by atoms with Crippen LogP contribution in [0.2, 0.25) is 0 Å². The Morgan fingerprint density at radius 2 is 0.938 bits per heavy atom. The van der Waals surface area contributed by atoms with Gasteiger partial charge in [0, 0.05) is 11.1 Å². The molecule has 2 amide bonds. The van der Waals surface area contributed by atoms with Crippen LogP contribution in [0.25, 0.3) is 21.5 Å². The van der Waals surface area contributed by atoms with E-state index < -0.39 is 0 Å². The standard InChI is InChI=1S/C29H21NO2/c31-28(26-16-14-22-10-4-6-12-24(22)18-26)30(20-21-8-2-1-3-9-21)29(32)27-17-15-23-11-5-7-13-25(23)19-27/h1-19H,20H2. The lowest BCUT2D eigenvalue weighted by Gasteiger charge is -2.22. The summed E-state index contributed by atoms with van der Waals surface area (Å²) in [6.45, 7) is 0.207. The normalized spacial score (nSPS) is 10.9. The summed E-state index contributed by atoms with van der Waals surface area (Å²) in [4.78, 5) is 28.5. The van der Waals surface area contributed by atoms with Crippen LogP contribution in [-0.2, 0) is 6.54 Å². The molecule has 32 heavy (non-hydrogen) atoms. The smallest absolute Gasteiger partial charge is 0.261 e. The number of carbonyl (C=O) groups is 2. The minimum Gasteiger partial charge on any atom is -0.270 e. The molecule has 0 unspecified atom stereocenters. The Morgan fingerprint density at radius 3 is 1.44 bits per heavy atom. The Bertz CT molecular complexity index is 1350. The van der Waals surface area contributed by atoms with E-state index in [0.717, 1.165) is 27.1 Å². The Hall–Kier alpha value is -4.24. The molecule has 0 aromatic heterocycles. The zero-order valence-corrected chi connectivity index (χ0v) is 17.4. The molecule has 3 heteroatoms. The molecule has 0 aliphatic heterocycles. The van der Waals surface area contributed by atoms with Crippen molar-refractivity contribution in [1.29, 1.82) is 0 Å². The minimum atomic E-state index is -0.308. The van der Waals surface area contributed by atoms with Crippen LogP contribution in [-0.4, -0.2) is 16.7 Å². The highest BCUT2D eigenvalue weighted by molar-refractivity contribution is 6.12. The lowest BCUT2D eigenvalue weighted by atomic mass is 10.0. The SMILES string of the molecule is O=C(c1ccc2ccccc2c1)N(Cc1ccccc1)C(=O)c1ccc2ccccc2c1. The summed E-state index contributed by atoms with van der Waals surface area (Å²) in [5.74, 6) is -0.615. The van der Waals surface area contributed by atoms with E-state index in [9.17, 15) is 9.59 Å². The minimum absolute atomic E-state index is 0.207. The third-order valence-corrected chi connectivity index (χ3v) is 5.67. The van der Waals surface area contributed by atoms with Gasteiger partial charge in [-0.1, -0.05) is 91.0 Å². The molecule has 0 N–H and O–H groups in total. The van der Waals surface area contributed by atoms with E-state index in [1.165, 1.54) is 4.90 Å². The Morgan fingerprint density at radius 1 is 0.500 bits per heavy atom. The molecule has 0 atom stereocenters. The Balaban J connectivity index is 1.55. The quantitative estimate of drug-likeness (QED) is 0.315. The average molecular weight is 415 g/mol. The molecule has 154 valence electrons. The number of imide groups is 1. The summed E-state index contributed by atoms with van der Waals surface area (Å²) < 4.78 is 0. The van der Waals surface area contributed by atoms with E-state index in [4.69, 9.17) is 0 Å². The van der Waals surface area contributed by atoms with Crippen molar-refractivity contribution in [2.75, 3.05) is 0 Å². The highest BCUT2D eigenvalue weighted by Gasteiger charge is 2.25. The average Bonchev–Trinajstić information content (AvgIpc) is 2.86. The van der Waals surface area contributed by atoms with Gasteiger partial charge < -0.3 is 0 Å². The van der Waals surface area contributed by atoms with E-state index in [1.807, 2.05) is 103 Å². The molecule has 0 fully saturated rings. The monoisotopic (exact) mass is 415 g/mol. The van der Waals surface area contributed by atoms with Crippen LogP contribution in [0.15, 0.2) is 115 Å². The van der Waals surface area contributed by atoms with Gasteiger partial charge in [0.1, 0.15) is 0 Å². The van der Waals surface area contributed by atoms with Crippen LogP contribution >= 0.6 is 0 Å². The first-order valence-corrected chi connectivity index (χ1v) is 10.6. The number of hydrogen-bond donors (Lipinski definition) is 0. The molecule has 5 aromatic carbocycles. The molecular weight excluding hydrogens is 394 g/mol. The molecule has 5 aromatic rings. The molecule has 0 aliphatic carbocycles. The maximum atomic E-state index is 13.6. The first-order valence-electron chi connectivity index (χ1n) is 10.6. The van der Waals surface area contributed by atoms with Gasteiger partial charge in [-0.2, -0.15) is 0 Å². The van der Waals surface area contributed by atoms with Gasteiger partial charge in [-0.05, 0) is 51.4 Å². The van der Waals surface area contributed by atoms with Crippen molar-refractivity contribution in [2.45, 2.75) is 6.54 Å². The van der Waals surface area contributed by atoms with Crippen LogP contribution in [0.4, 0.5) is 0 Å². The van der Waals surface area contributed by atoms with E-state index in [-0.39, 0.29) is 18.4 Å². The highest BCUT2D eigenvalue weighted by Crippen LogP contribution is 2.21. The van der Waals surface area contributed by atoms with E-state index >= 15 is 0 Å². The van der Waals surface area contributed by atoms with Gasteiger partial charge >= 0.3 is 0 Å². The van der Waals surface area contributed by atoms with Gasteiger partial charge in [0.05, 0.1) is 6.54 Å². The number of carbonyl (C=O) groups excluding carboxylic acids is 2. The number of fused-ring (bicyclic) bond motifs is 2. The number of amides is 2. The second-order valence-electron chi connectivity index (χ2n) is 7.81. The van der Waals surface area contributed by atoms with Crippen LogP contribution in [0.1, 0.15) is 26.3 Å². The fraction of sp³-hybridized carbons (Fsp3) is 0.0345. The maximum Gasteiger partial charge on any atom is 0.261 e. The summed E-state index contributed by atoms with van der Waals surface area (Å²) in [5.41, 5.74) is 1.89. The van der Waals surface area contributed by atoms with Crippen molar-refractivity contribution >= 4 is 33.4 Å². The third-order valence-electron chi connectivity index (χ3n) is 5.67. The van der Waals surface area contributed by atoms with E-state index in [0.29, 0.717) is 11.1 Å². The highest BCUT2D eigenvalue weighted by atomic mass is 16.2. The van der Waals surface area contributed by atoms with Crippen LogP contribution in [0.3, 0.4) is 0 Å². The zero-order chi connectivity index (χ0) is 21.9. The van der Waals surface area contributed by atoms with Gasteiger partial charge in [0.25, 0.3) is 11.8 Å². The Kier molecular flexibility index (Phi) is 5.22. The molecule has 0 aliphatic rings.